The fourth-order valence-corrected chi connectivity index (χ4v) is 6.87. The van der Waals surface area contributed by atoms with Gasteiger partial charge in [-0.1, -0.05) is 40.9 Å². The van der Waals surface area contributed by atoms with Gasteiger partial charge in [0.25, 0.3) is 0 Å². The lowest BCUT2D eigenvalue weighted by Crippen LogP contribution is -2.39. The third-order valence-electron chi connectivity index (χ3n) is 7.87. The fraction of sp³-hybridized carbons (Fsp3) is 0.438. The van der Waals surface area contributed by atoms with Gasteiger partial charge >= 0.3 is 0 Å². The molecule has 0 aromatic heterocycles. The van der Waals surface area contributed by atoms with E-state index < -0.39 is 5.92 Å². The van der Waals surface area contributed by atoms with Crippen molar-refractivity contribution in [2.75, 3.05) is 26.9 Å². The van der Waals surface area contributed by atoms with Crippen molar-refractivity contribution in [2.45, 2.75) is 64.4 Å². The zero-order valence-electron chi connectivity index (χ0n) is 23.4. The van der Waals surface area contributed by atoms with E-state index in [1.165, 1.54) is 0 Å². The van der Waals surface area contributed by atoms with E-state index in [0.29, 0.717) is 70.3 Å². The minimum Gasteiger partial charge on any atom is -0.490 e. The van der Waals surface area contributed by atoms with E-state index in [1.54, 1.807) is 25.3 Å². The minimum absolute atomic E-state index is 0.0877. The Labute approximate surface area is 256 Å². The van der Waals surface area contributed by atoms with Crippen LogP contribution in [-0.2, 0) is 20.9 Å². The molecule has 0 unspecified atom stereocenters. The van der Waals surface area contributed by atoms with Gasteiger partial charge in [-0.2, -0.15) is 0 Å². The Morgan fingerprint density at radius 1 is 0.878 bits per heavy atom. The molecule has 0 fully saturated rings. The van der Waals surface area contributed by atoms with Crippen LogP contribution in [0.3, 0.4) is 0 Å². The van der Waals surface area contributed by atoms with Gasteiger partial charge in [0.2, 0.25) is 0 Å². The average Bonchev–Trinajstić information content (AvgIpc) is 2.94. The largest absolute Gasteiger partial charge is 0.490 e. The molecule has 0 amide bonds. The van der Waals surface area contributed by atoms with Crippen molar-refractivity contribution in [1.29, 1.82) is 0 Å². The first-order valence-electron chi connectivity index (χ1n) is 14.2. The topological polar surface area (TPSA) is 65.1 Å². The summed E-state index contributed by atoms with van der Waals surface area (Å²) in [6, 6.07) is 8.90. The number of halogens is 3. The summed E-state index contributed by atoms with van der Waals surface area (Å²) in [5.41, 5.74) is 5.00. The molecule has 1 heterocycles. The Morgan fingerprint density at radius 3 is 2.17 bits per heavy atom. The minimum atomic E-state index is -0.490. The maximum absolute atomic E-state index is 13.6. The Bertz CT molecular complexity index is 1370. The zero-order valence-corrected chi connectivity index (χ0v) is 25.6. The van der Waals surface area contributed by atoms with Crippen LogP contribution in [0.2, 0.25) is 15.1 Å². The number of benzene rings is 2. The van der Waals surface area contributed by atoms with E-state index in [9.17, 15) is 9.59 Å². The molecule has 5 rings (SSSR count). The lowest BCUT2D eigenvalue weighted by atomic mass is 9.71. The van der Waals surface area contributed by atoms with Crippen LogP contribution >= 0.6 is 34.8 Å². The Hall–Kier alpha value is -2.51. The number of carbonyl (C=O) groups is 2. The summed E-state index contributed by atoms with van der Waals surface area (Å²) in [7, 11) is 1.69. The first-order valence-corrected chi connectivity index (χ1v) is 15.3. The van der Waals surface area contributed by atoms with E-state index in [-0.39, 0.29) is 18.2 Å². The summed E-state index contributed by atoms with van der Waals surface area (Å²) in [6.45, 7) is 3.76. The number of ketones is 2. The molecule has 0 saturated carbocycles. The zero-order chi connectivity index (χ0) is 29.1. The molecule has 3 aliphatic rings. The van der Waals surface area contributed by atoms with Crippen molar-refractivity contribution >= 4 is 46.4 Å². The van der Waals surface area contributed by atoms with Crippen LogP contribution in [0.25, 0.3) is 0 Å². The van der Waals surface area contributed by atoms with Crippen molar-refractivity contribution < 1.29 is 23.8 Å². The normalized spacial score (nSPS) is 17.6. The van der Waals surface area contributed by atoms with Crippen molar-refractivity contribution in [1.82, 2.24) is 4.90 Å². The molecule has 2 aromatic rings. The van der Waals surface area contributed by atoms with Gasteiger partial charge in [-0.05, 0) is 68.9 Å². The van der Waals surface area contributed by atoms with Crippen LogP contribution in [0.4, 0.5) is 0 Å². The van der Waals surface area contributed by atoms with Gasteiger partial charge in [0.15, 0.2) is 23.1 Å². The maximum Gasteiger partial charge on any atom is 0.180 e. The number of ether oxygens (including phenoxy) is 3. The van der Waals surface area contributed by atoms with E-state index in [2.05, 4.69) is 4.90 Å². The monoisotopic (exact) mass is 617 g/mol. The van der Waals surface area contributed by atoms with Crippen LogP contribution in [0.1, 0.15) is 68.9 Å². The van der Waals surface area contributed by atoms with Crippen LogP contribution in [-0.4, -0.2) is 43.3 Å². The number of allylic oxidation sites excluding steroid dienone is 4. The number of hydrogen-bond donors (Lipinski definition) is 0. The molecule has 9 heteroatoms. The van der Waals surface area contributed by atoms with Crippen molar-refractivity contribution in [2.24, 2.45) is 0 Å². The summed E-state index contributed by atoms with van der Waals surface area (Å²) in [5, 5.41) is 1.37. The van der Waals surface area contributed by atoms with Gasteiger partial charge in [0.05, 0.1) is 11.6 Å². The highest BCUT2D eigenvalue weighted by Crippen LogP contribution is 2.51. The Morgan fingerprint density at radius 2 is 1.56 bits per heavy atom. The van der Waals surface area contributed by atoms with Gasteiger partial charge in [0, 0.05) is 77.2 Å². The predicted molar refractivity (Wildman–Crippen MR) is 161 cm³/mol. The lowest BCUT2D eigenvalue weighted by molar-refractivity contribution is -0.117. The number of carbonyl (C=O) groups excluding carboxylic acids is 2. The second-order valence-electron chi connectivity index (χ2n) is 10.5. The fourth-order valence-electron chi connectivity index (χ4n) is 6.13. The summed E-state index contributed by atoms with van der Waals surface area (Å²) in [6.07, 6.45) is 4.93. The number of Topliss-reactive ketones (excluding diaryl/α,β-unsaturated/α-hetero) is 2. The molecule has 0 bridgehead atoms. The van der Waals surface area contributed by atoms with Crippen molar-refractivity contribution in [3.05, 3.63) is 79.1 Å². The number of rotatable bonds is 10. The third kappa shape index (κ3) is 6.17. The van der Waals surface area contributed by atoms with Gasteiger partial charge in [-0.25, -0.2) is 0 Å². The first kappa shape index (κ1) is 30.0. The quantitative estimate of drug-likeness (QED) is 0.251. The highest BCUT2D eigenvalue weighted by molar-refractivity contribution is 6.35. The van der Waals surface area contributed by atoms with Crippen molar-refractivity contribution in [3.8, 4) is 11.5 Å². The molecule has 0 radical (unpaired) electrons. The molecule has 0 saturated heterocycles. The Kier molecular flexibility index (Phi) is 9.65. The number of hydrogen-bond acceptors (Lipinski definition) is 6. The second-order valence-corrected chi connectivity index (χ2v) is 11.7. The smallest absolute Gasteiger partial charge is 0.180 e. The van der Waals surface area contributed by atoms with Crippen LogP contribution < -0.4 is 9.47 Å². The highest BCUT2D eigenvalue weighted by atomic mass is 35.5. The van der Waals surface area contributed by atoms with Crippen LogP contribution in [0.5, 0.6) is 11.5 Å². The maximum atomic E-state index is 13.6. The first-order chi connectivity index (χ1) is 19.8. The molecule has 218 valence electrons. The molecule has 2 aliphatic carbocycles. The lowest BCUT2D eigenvalue weighted by Gasteiger charge is -2.44. The van der Waals surface area contributed by atoms with Gasteiger partial charge in [0.1, 0.15) is 6.61 Å². The van der Waals surface area contributed by atoms with Gasteiger partial charge in [-0.15, -0.1) is 0 Å². The predicted octanol–water partition coefficient (Wildman–Crippen LogP) is 8.07. The van der Waals surface area contributed by atoms with E-state index in [4.69, 9.17) is 49.0 Å². The summed E-state index contributed by atoms with van der Waals surface area (Å²) >= 11 is 19.3. The molecular formula is C32H34Cl3NO5. The molecular weight excluding hydrogens is 585 g/mol. The second kappa shape index (κ2) is 13.2. The molecule has 0 atom stereocenters. The van der Waals surface area contributed by atoms with Crippen molar-refractivity contribution in [3.63, 3.8) is 0 Å². The van der Waals surface area contributed by atoms with Gasteiger partial charge < -0.3 is 19.1 Å². The Balaban J connectivity index is 1.58. The van der Waals surface area contributed by atoms with E-state index in [0.717, 1.165) is 54.6 Å². The van der Waals surface area contributed by atoms with E-state index in [1.807, 2.05) is 19.1 Å². The summed E-state index contributed by atoms with van der Waals surface area (Å²) in [4.78, 5) is 29.4. The molecule has 0 spiro atoms. The SMILES string of the molecule is CCOc1cc(C2C3=C(CCCC3=O)N(CCCOC)C3=C2C(=O)CCC3)cc(Cl)c1OCc1ccc(Cl)cc1Cl. The standard InChI is InChI=1S/C32H34Cl3NO5/c1-3-40-28-16-20(15-23(35)32(28)41-18-19-11-12-21(33)17-22(19)34)29-30-24(7-4-9-26(30)37)36(13-6-14-39-2)25-8-5-10-27(38)31(25)29/h11-12,15-17,29H,3-10,13-14,18H2,1-2H3. The molecule has 0 N–H and O–H groups in total. The summed E-state index contributed by atoms with van der Waals surface area (Å²) in [5.74, 6) is 0.525. The van der Waals surface area contributed by atoms with E-state index >= 15 is 0 Å². The highest BCUT2D eigenvalue weighted by Gasteiger charge is 2.43. The molecule has 41 heavy (non-hydrogen) atoms. The number of nitrogens with zero attached hydrogens (tertiary/aromatic N) is 1. The van der Waals surface area contributed by atoms with Crippen LogP contribution in [0, 0.1) is 0 Å². The molecule has 1 aliphatic heterocycles. The molecule has 6 nitrogen and oxygen atoms in total. The molecule has 2 aromatic carbocycles. The summed E-state index contributed by atoms with van der Waals surface area (Å²) < 4.78 is 17.5. The van der Waals surface area contributed by atoms with Crippen LogP contribution in [0.15, 0.2) is 52.9 Å². The third-order valence-corrected chi connectivity index (χ3v) is 8.74. The number of methoxy groups -OCH3 is 1. The average molecular weight is 619 g/mol. The van der Waals surface area contributed by atoms with Gasteiger partial charge in [-0.3, -0.25) is 9.59 Å².